The lowest BCUT2D eigenvalue weighted by atomic mass is 10.0. The first-order valence-corrected chi connectivity index (χ1v) is 6.47. The van der Waals surface area contributed by atoms with Gasteiger partial charge in [0.15, 0.2) is 0 Å². The predicted molar refractivity (Wildman–Crippen MR) is 64.4 cm³/mol. The molecule has 0 saturated heterocycles. The summed E-state index contributed by atoms with van der Waals surface area (Å²) in [6.07, 6.45) is 2.57. The third-order valence-corrected chi connectivity index (χ3v) is 3.89. The van der Waals surface area contributed by atoms with Crippen LogP contribution in [-0.4, -0.2) is 23.2 Å². The number of rotatable bonds is 5. The summed E-state index contributed by atoms with van der Waals surface area (Å²) in [7, 11) is 0. The number of amides is 1. The maximum absolute atomic E-state index is 11.6. The van der Waals surface area contributed by atoms with Crippen molar-refractivity contribution in [2.24, 2.45) is 5.92 Å². The molecule has 88 valence electrons. The van der Waals surface area contributed by atoms with E-state index in [1.165, 1.54) is 0 Å². The molecule has 3 nitrogen and oxygen atoms in total. The lowest BCUT2D eigenvalue weighted by molar-refractivity contribution is -0.121. The smallest absolute Gasteiger partial charge is 0.225 e. The Morgan fingerprint density at radius 1 is 1.69 bits per heavy atom. The van der Waals surface area contributed by atoms with Crippen molar-refractivity contribution < 1.29 is 9.90 Å². The van der Waals surface area contributed by atoms with Gasteiger partial charge < -0.3 is 10.4 Å². The van der Waals surface area contributed by atoms with Crippen molar-refractivity contribution in [3.8, 4) is 0 Å². The largest absolute Gasteiger partial charge is 0.388 e. The van der Waals surface area contributed by atoms with Crippen molar-refractivity contribution in [2.45, 2.75) is 31.8 Å². The maximum Gasteiger partial charge on any atom is 0.225 e. The fourth-order valence-electron chi connectivity index (χ4n) is 1.76. The van der Waals surface area contributed by atoms with Crippen molar-refractivity contribution >= 4 is 17.2 Å². The second-order valence-corrected chi connectivity index (χ2v) is 5.70. The van der Waals surface area contributed by atoms with Crippen molar-refractivity contribution in [3.63, 3.8) is 0 Å². The maximum atomic E-state index is 11.6. The van der Waals surface area contributed by atoms with Gasteiger partial charge in [-0.2, -0.15) is 0 Å². The minimum absolute atomic E-state index is 0.0108. The van der Waals surface area contributed by atoms with Gasteiger partial charge in [0, 0.05) is 11.4 Å². The molecule has 1 aliphatic carbocycles. The molecule has 1 heterocycles. The topological polar surface area (TPSA) is 49.3 Å². The summed E-state index contributed by atoms with van der Waals surface area (Å²) in [5.74, 6) is 0.359. The third-order valence-electron chi connectivity index (χ3n) is 3.02. The van der Waals surface area contributed by atoms with E-state index in [2.05, 4.69) is 5.32 Å². The van der Waals surface area contributed by atoms with Crippen LogP contribution in [0.1, 0.15) is 24.6 Å². The van der Waals surface area contributed by atoms with Gasteiger partial charge in [-0.3, -0.25) is 4.79 Å². The summed E-state index contributed by atoms with van der Waals surface area (Å²) in [5, 5.41) is 14.8. The van der Waals surface area contributed by atoms with E-state index in [0.717, 1.165) is 17.7 Å². The molecule has 2 N–H and O–H groups in total. The average Bonchev–Trinajstić information content (AvgIpc) is 2.98. The van der Waals surface area contributed by atoms with E-state index in [9.17, 15) is 9.90 Å². The SMILES string of the molecule is CC(O)(CNC(=O)Cc1cccs1)C1CC1. The quantitative estimate of drug-likeness (QED) is 0.819. The summed E-state index contributed by atoms with van der Waals surface area (Å²) in [5.41, 5.74) is -0.731. The zero-order valence-electron chi connectivity index (χ0n) is 9.40. The average molecular weight is 239 g/mol. The van der Waals surface area contributed by atoms with Crippen LogP contribution in [0.15, 0.2) is 17.5 Å². The molecule has 1 unspecified atom stereocenters. The molecule has 0 radical (unpaired) electrons. The molecule has 1 amide bonds. The molecule has 1 aromatic rings. The normalized spacial score (nSPS) is 19.1. The van der Waals surface area contributed by atoms with Gasteiger partial charge in [-0.1, -0.05) is 6.07 Å². The Morgan fingerprint density at radius 3 is 3.00 bits per heavy atom. The second kappa shape index (κ2) is 4.55. The van der Waals surface area contributed by atoms with Crippen molar-refractivity contribution in [1.29, 1.82) is 0 Å². The third kappa shape index (κ3) is 3.06. The van der Waals surface area contributed by atoms with Crippen LogP contribution in [0.3, 0.4) is 0 Å². The van der Waals surface area contributed by atoms with Crippen LogP contribution in [0.4, 0.5) is 0 Å². The summed E-state index contributed by atoms with van der Waals surface area (Å²) in [6.45, 7) is 2.16. The Morgan fingerprint density at radius 2 is 2.44 bits per heavy atom. The molecule has 1 saturated carbocycles. The Labute approximate surface area is 99.5 Å². The zero-order valence-corrected chi connectivity index (χ0v) is 10.2. The van der Waals surface area contributed by atoms with E-state index in [-0.39, 0.29) is 5.91 Å². The van der Waals surface area contributed by atoms with Gasteiger partial charge >= 0.3 is 0 Å². The number of aliphatic hydroxyl groups is 1. The number of carbonyl (C=O) groups is 1. The zero-order chi connectivity index (χ0) is 11.6. The Bertz CT molecular complexity index is 355. The van der Waals surface area contributed by atoms with Crippen molar-refractivity contribution in [3.05, 3.63) is 22.4 Å². The van der Waals surface area contributed by atoms with Crippen LogP contribution in [-0.2, 0) is 11.2 Å². The molecular formula is C12H17NO2S. The highest BCUT2D eigenvalue weighted by molar-refractivity contribution is 7.10. The monoisotopic (exact) mass is 239 g/mol. The van der Waals surface area contributed by atoms with Crippen LogP contribution < -0.4 is 5.32 Å². The highest BCUT2D eigenvalue weighted by atomic mass is 32.1. The molecule has 1 atom stereocenters. The van der Waals surface area contributed by atoms with Crippen molar-refractivity contribution in [1.82, 2.24) is 5.32 Å². The van der Waals surface area contributed by atoms with Crippen LogP contribution in [0, 0.1) is 5.92 Å². The summed E-state index contributed by atoms with van der Waals surface area (Å²) in [6, 6.07) is 3.89. The van der Waals surface area contributed by atoms with Crippen LogP contribution in [0.2, 0.25) is 0 Å². The number of nitrogens with one attached hydrogen (secondary N) is 1. The fraction of sp³-hybridized carbons (Fsp3) is 0.583. The minimum Gasteiger partial charge on any atom is -0.388 e. The molecular weight excluding hydrogens is 222 g/mol. The number of thiophene rings is 1. The minimum atomic E-state index is -0.731. The summed E-state index contributed by atoms with van der Waals surface area (Å²) >= 11 is 1.58. The summed E-state index contributed by atoms with van der Waals surface area (Å²) < 4.78 is 0. The molecule has 16 heavy (non-hydrogen) atoms. The number of carbonyl (C=O) groups excluding carboxylic acids is 1. The molecule has 0 aliphatic heterocycles. The highest BCUT2D eigenvalue weighted by Gasteiger charge is 2.39. The first kappa shape index (κ1) is 11.6. The Kier molecular flexibility index (Phi) is 3.30. The van der Waals surface area contributed by atoms with Gasteiger partial charge in [-0.15, -0.1) is 11.3 Å². The van der Waals surface area contributed by atoms with Gasteiger partial charge in [0.2, 0.25) is 5.91 Å². The standard InChI is InChI=1S/C12H17NO2S/c1-12(15,9-4-5-9)8-13-11(14)7-10-3-2-6-16-10/h2-3,6,9,15H,4-5,7-8H2,1H3,(H,13,14). The van der Waals surface area contributed by atoms with E-state index < -0.39 is 5.60 Å². The predicted octanol–water partition coefficient (Wildman–Crippen LogP) is 1.57. The molecule has 2 rings (SSSR count). The lowest BCUT2D eigenvalue weighted by Gasteiger charge is -2.23. The van der Waals surface area contributed by atoms with Gasteiger partial charge in [0.05, 0.1) is 12.0 Å². The van der Waals surface area contributed by atoms with Gasteiger partial charge in [0.1, 0.15) is 0 Å². The summed E-state index contributed by atoms with van der Waals surface area (Å²) in [4.78, 5) is 12.6. The Hall–Kier alpha value is -0.870. The fourth-order valence-corrected chi connectivity index (χ4v) is 2.46. The molecule has 0 bridgehead atoms. The van der Waals surface area contributed by atoms with Crippen LogP contribution in [0.25, 0.3) is 0 Å². The molecule has 4 heteroatoms. The highest BCUT2D eigenvalue weighted by Crippen LogP contribution is 2.38. The van der Waals surface area contributed by atoms with E-state index in [1.54, 1.807) is 18.3 Å². The number of hydrogen-bond acceptors (Lipinski definition) is 3. The van der Waals surface area contributed by atoms with E-state index in [4.69, 9.17) is 0 Å². The molecule has 1 aromatic heterocycles. The molecule has 0 aromatic carbocycles. The number of hydrogen-bond donors (Lipinski definition) is 2. The van der Waals surface area contributed by atoms with Crippen LogP contribution >= 0.6 is 11.3 Å². The second-order valence-electron chi connectivity index (χ2n) is 4.66. The van der Waals surface area contributed by atoms with Crippen molar-refractivity contribution in [2.75, 3.05) is 6.54 Å². The van der Waals surface area contributed by atoms with E-state index in [0.29, 0.717) is 18.9 Å². The lowest BCUT2D eigenvalue weighted by Crippen LogP contribution is -2.42. The molecule has 1 aliphatic rings. The van der Waals surface area contributed by atoms with Gasteiger partial charge in [0.25, 0.3) is 0 Å². The molecule has 1 fully saturated rings. The van der Waals surface area contributed by atoms with E-state index >= 15 is 0 Å². The van der Waals surface area contributed by atoms with E-state index in [1.807, 2.05) is 17.5 Å². The first-order chi connectivity index (χ1) is 7.58. The Balaban J connectivity index is 1.75. The first-order valence-electron chi connectivity index (χ1n) is 5.59. The molecule has 0 spiro atoms. The van der Waals surface area contributed by atoms with Gasteiger partial charge in [-0.05, 0) is 37.1 Å². The van der Waals surface area contributed by atoms with Gasteiger partial charge in [-0.25, -0.2) is 0 Å². The van der Waals surface area contributed by atoms with Crippen LogP contribution in [0.5, 0.6) is 0 Å².